The van der Waals surface area contributed by atoms with Crippen molar-refractivity contribution in [2.75, 3.05) is 0 Å². The van der Waals surface area contributed by atoms with Gasteiger partial charge in [0.15, 0.2) is 0 Å². The summed E-state index contributed by atoms with van der Waals surface area (Å²) in [4.78, 5) is 11.9. The molecule has 0 aliphatic heterocycles. The molecule has 1 aliphatic rings. The maximum atomic E-state index is 11.9. The second-order valence-electron chi connectivity index (χ2n) is 4.98. The van der Waals surface area contributed by atoms with Crippen molar-refractivity contribution >= 4 is 17.5 Å². The predicted molar refractivity (Wildman–Crippen MR) is 74.8 cm³/mol. The fourth-order valence-corrected chi connectivity index (χ4v) is 2.60. The molecule has 0 heterocycles. The van der Waals surface area contributed by atoms with Crippen LogP contribution in [0.3, 0.4) is 0 Å². The summed E-state index contributed by atoms with van der Waals surface area (Å²) < 4.78 is 0. The van der Waals surface area contributed by atoms with Crippen LogP contribution in [0.2, 0.25) is 0 Å². The summed E-state index contributed by atoms with van der Waals surface area (Å²) in [5.74, 6) is -0.000465. The van der Waals surface area contributed by atoms with Crippen molar-refractivity contribution in [1.29, 1.82) is 0 Å². The summed E-state index contributed by atoms with van der Waals surface area (Å²) in [5.41, 5.74) is 1.23. The first-order chi connectivity index (χ1) is 8.75. The first kappa shape index (κ1) is 13.4. The normalized spacial score (nSPS) is 17.6. The minimum atomic E-state index is -0.411. The molecule has 1 aromatic carbocycles. The second kappa shape index (κ2) is 6.79. The first-order valence-corrected chi connectivity index (χ1v) is 7.18. The number of amides is 1. The van der Waals surface area contributed by atoms with Crippen molar-refractivity contribution in [3.8, 4) is 0 Å². The number of benzene rings is 1. The van der Waals surface area contributed by atoms with E-state index in [1.54, 1.807) is 0 Å². The summed E-state index contributed by atoms with van der Waals surface area (Å²) >= 11 is 6.15. The third-order valence-corrected chi connectivity index (χ3v) is 3.93. The van der Waals surface area contributed by atoms with Crippen LogP contribution < -0.4 is 5.32 Å². The number of rotatable bonds is 5. The molecule has 2 nitrogen and oxygen atoms in total. The first-order valence-electron chi connectivity index (χ1n) is 6.74. The fourth-order valence-electron chi connectivity index (χ4n) is 2.43. The van der Waals surface area contributed by atoms with Gasteiger partial charge in [-0.25, -0.2) is 0 Å². The zero-order valence-corrected chi connectivity index (χ0v) is 11.3. The third-order valence-electron chi connectivity index (χ3n) is 3.52. The topological polar surface area (TPSA) is 29.1 Å². The van der Waals surface area contributed by atoms with Crippen molar-refractivity contribution in [2.45, 2.75) is 49.9 Å². The van der Waals surface area contributed by atoms with E-state index in [0.717, 1.165) is 19.3 Å². The quantitative estimate of drug-likeness (QED) is 0.814. The van der Waals surface area contributed by atoms with Crippen LogP contribution in [0.1, 0.15) is 37.7 Å². The molecule has 1 N–H and O–H groups in total. The van der Waals surface area contributed by atoms with E-state index in [2.05, 4.69) is 17.4 Å². The van der Waals surface area contributed by atoms with E-state index in [1.165, 1.54) is 18.4 Å². The molecular formula is C15H20ClNO. The number of carbonyl (C=O) groups is 1. The van der Waals surface area contributed by atoms with Crippen molar-refractivity contribution in [1.82, 2.24) is 5.32 Å². The summed E-state index contributed by atoms with van der Waals surface area (Å²) in [6, 6.07) is 10.5. The number of nitrogens with one attached hydrogen (secondary N) is 1. The largest absolute Gasteiger partial charge is 0.352 e. The van der Waals surface area contributed by atoms with E-state index >= 15 is 0 Å². The number of alkyl halides is 1. The van der Waals surface area contributed by atoms with Crippen molar-refractivity contribution in [3.05, 3.63) is 35.9 Å². The van der Waals surface area contributed by atoms with Gasteiger partial charge in [0.2, 0.25) is 5.91 Å². The Morgan fingerprint density at radius 3 is 2.61 bits per heavy atom. The molecule has 1 aliphatic carbocycles. The van der Waals surface area contributed by atoms with E-state index in [1.807, 2.05) is 18.2 Å². The van der Waals surface area contributed by atoms with Crippen LogP contribution in [0.5, 0.6) is 0 Å². The SMILES string of the molecule is O=C(NC1CCCC1)C(Cl)CCc1ccccc1. The van der Waals surface area contributed by atoms with Gasteiger partial charge in [-0.3, -0.25) is 4.79 Å². The van der Waals surface area contributed by atoms with Crippen LogP contribution in [0.4, 0.5) is 0 Å². The van der Waals surface area contributed by atoms with Gasteiger partial charge in [-0.1, -0.05) is 43.2 Å². The van der Waals surface area contributed by atoms with Crippen molar-refractivity contribution in [2.24, 2.45) is 0 Å². The molecule has 98 valence electrons. The number of carbonyl (C=O) groups excluding carboxylic acids is 1. The molecule has 1 amide bonds. The maximum absolute atomic E-state index is 11.9. The monoisotopic (exact) mass is 265 g/mol. The number of hydrogen-bond acceptors (Lipinski definition) is 1. The Bertz CT molecular complexity index is 373. The van der Waals surface area contributed by atoms with Crippen LogP contribution in [0.15, 0.2) is 30.3 Å². The van der Waals surface area contributed by atoms with Crippen molar-refractivity contribution in [3.63, 3.8) is 0 Å². The zero-order valence-electron chi connectivity index (χ0n) is 10.6. The Kier molecular flexibility index (Phi) is 5.06. The number of halogens is 1. The van der Waals surface area contributed by atoms with Gasteiger partial charge in [0.1, 0.15) is 5.38 Å². The molecule has 3 heteroatoms. The molecule has 0 aromatic heterocycles. The Hall–Kier alpha value is -1.02. The van der Waals surface area contributed by atoms with E-state index in [9.17, 15) is 4.79 Å². The van der Waals surface area contributed by atoms with Gasteiger partial charge in [0.25, 0.3) is 0 Å². The predicted octanol–water partition coefficient (Wildman–Crippen LogP) is 3.29. The smallest absolute Gasteiger partial charge is 0.238 e. The molecule has 0 radical (unpaired) electrons. The summed E-state index contributed by atoms with van der Waals surface area (Å²) in [5, 5.41) is 2.63. The average Bonchev–Trinajstić information content (AvgIpc) is 2.90. The number of aryl methyl sites for hydroxylation is 1. The van der Waals surface area contributed by atoms with Gasteiger partial charge < -0.3 is 5.32 Å². The minimum Gasteiger partial charge on any atom is -0.352 e. The molecule has 1 atom stereocenters. The lowest BCUT2D eigenvalue weighted by Crippen LogP contribution is -2.38. The highest BCUT2D eigenvalue weighted by atomic mass is 35.5. The van der Waals surface area contributed by atoms with Gasteiger partial charge in [-0.15, -0.1) is 11.6 Å². The molecule has 0 bridgehead atoms. The Morgan fingerprint density at radius 2 is 1.94 bits per heavy atom. The molecule has 18 heavy (non-hydrogen) atoms. The third kappa shape index (κ3) is 4.02. The van der Waals surface area contributed by atoms with E-state index in [4.69, 9.17) is 11.6 Å². The Morgan fingerprint density at radius 1 is 1.28 bits per heavy atom. The highest BCUT2D eigenvalue weighted by molar-refractivity contribution is 6.30. The Balaban J connectivity index is 1.73. The summed E-state index contributed by atoms with van der Waals surface area (Å²) in [6.45, 7) is 0. The highest BCUT2D eigenvalue weighted by Gasteiger charge is 2.21. The number of hydrogen-bond donors (Lipinski definition) is 1. The second-order valence-corrected chi connectivity index (χ2v) is 5.51. The van der Waals surface area contributed by atoms with Gasteiger partial charge in [-0.05, 0) is 31.2 Å². The zero-order chi connectivity index (χ0) is 12.8. The van der Waals surface area contributed by atoms with Crippen LogP contribution in [-0.4, -0.2) is 17.3 Å². The van der Waals surface area contributed by atoms with Crippen LogP contribution in [0.25, 0.3) is 0 Å². The van der Waals surface area contributed by atoms with Crippen LogP contribution in [0, 0.1) is 0 Å². The van der Waals surface area contributed by atoms with Gasteiger partial charge in [0.05, 0.1) is 0 Å². The molecule has 1 saturated carbocycles. The van der Waals surface area contributed by atoms with Gasteiger partial charge in [-0.2, -0.15) is 0 Å². The van der Waals surface area contributed by atoms with Gasteiger partial charge in [0, 0.05) is 6.04 Å². The van der Waals surface area contributed by atoms with Crippen LogP contribution >= 0.6 is 11.6 Å². The molecule has 1 fully saturated rings. The highest BCUT2D eigenvalue weighted by Crippen LogP contribution is 2.18. The Labute approximate surface area is 114 Å². The molecule has 1 unspecified atom stereocenters. The lowest BCUT2D eigenvalue weighted by molar-refractivity contribution is -0.121. The summed E-state index contributed by atoms with van der Waals surface area (Å²) in [7, 11) is 0. The maximum Gasteiger partial charge on any atom is 0.238 e. The molecular weight excluding hydrogens is 246 g/mol. The minimum absolute atomic E-state index is 0.000465. The fraction of sp³-hybridized carbons (Fsp3) is 0.533. The van der Waals surface area contributed by atoms with Crippen LogP contribution in [-0.2, 0) is 11.2 Å². The van der Waals surface area contributed by atoms with Crippen molar-refractivity contribution < 1.29 is 4.79 Å². The van der Waals surface area contributed by atoms with E-state index < -0.39 is 5.38 Å². The standard InChI is InChI=1S/C15H20ClNO/c16-14(11-10-12-6-2-1-3-7-12)15(18)17-13-8-4-5-9-13/h1-3,6-7,13-14H,4-5,8-11H2,(H,17,18). The van der Waals surface area contributed by atoms with E-state index in [0.29, 0.717) is 12.5 Å². The molecule has 0 saturated heterocycles. The summed E-state index contributed by atoms with van der Waals surface area (Å²) in [6.07, 6.45) is 6.21. The molecule has 1 aromatic rings. The van der Waals surface area contributed by atoms with Gasteiger partial charge >= 0.3 is 0 Å². The molecule has 2 rings (SSSR count). The van der Waals surface area contributed by atoms with E-state index in [-0.39, 0.29) is 5.91 Å². The molecule has 0 spiro atoms. The lowest BCUT2D eigenvalue weighted by Gasteiger charge is -2.15. The lowest BCUT2D eigenvalue weighted by atomic mass is 10.1. The average molecular weight is 266 g/mol.